The van der Waals surface area contributed by atoms with Crippen molar-refractivity contribution in [3.63, 3.8) is 0 Å². The minimum Gasteiger partial charge on any atom is -0.437 e. The molecular formula is C12H8ClF3N2O3S. The summed E-state index contributed by atoms with van der Waals surface area (Å²) in [6.07, 6.45) is -3.56. The van der Waals surface area contributed by atoms with Crippen LogP contribution in [0.5, 0.6) is 11.6 Å². The lowest BCUT2D eigenvalue weighted by molar-refractivity contribution is -0.137. The molecule has 5 nitrogen and oxygen atoms in total. The highest BCUT2D eigenvalue weighted by Gasteiger charge is 2.31. The molecule has 1 aromatic carbocycles. The van der Waals surface area contributed by atoms with Gasteiger partial charge in [-0.25, -0.2) is 18.5 Å². The first-order valence-electron chi connectivity index (χ1n) is 5.61. The largest absolute Gasteiger partial charge is 0.437 e. The summed E-state index contributed by atoms with van der Waals surface area (Å²) in [6.45, 7) is 0. The summed E-state index contributed by atoms with van der Waals surface area (Å²) >= 11 is 5.72. The molecule has 0 spiro atoms. The van der Waals surface area contributed by atoms with Crippen molar-refractivity contribution >= 4 is 21.6 Å². The van der Waals surface area contributed by atoms with E-state index in [1.807, 2.05) is 0 Å². The second-order valence-corrected chi connectivity index (χ2v) is 6.09. The van der Waals surface area contributed by atoms with Crippen molar-refractivity contribution in [1.82, 2.24) is 4.98 Å². The van der Waals surface area contributed by atoms with Crippen LogP contribution >= 0.6 is 11.6 Å². The average Bonchev–Trinajstić information content (AvgIpc) is 2.39. The number of ether oxygens (including phenoxy) is 1. The van der Waals surface area contributed by atoms with Crippen LogP contribution in [-0.2, 0) is 16.2 Å². The molecule has 10 heteroatoms. The summed E-state index contributed by atoms with van der Waals surface area (Å²) < 4.78 is 64.8. The van der Waals surface area contributed by atoms with Crippen molar-refractivity contribution in [3.05, 3.63) is 47.1 Å². The molecule has 0 saturated heterocycles. The highest BCUT2D eigenvalue weighted by molar-refractivity contribution is 7.89. The standard InChI is InChI=1S/C12H8ClF3N2O3S/c13-9-5-7(12(14,15)16)1-3-10(9)21-11-4-2-8(6-18-11)22(17,19)20/h1-6H,(H2,17,19,20). The number of halogens is 4. The van der Waals surface area contributed by atoms with Crippen molar-refractivity contribution in [2.75, 3.05) is 0 Å². The van der Waals surface area contributed by atoms with Gasteiger partial charge in [0.1, 0.15) is 10.6 Å². The van der Waals surface area contributed by atoms with Crippen molar-refractivity contribution in [3.8, 4) is 11.6 Å². The number of nitrogens with two attached hydrogens (primary N) is 1. The number of alkyl halides is 3. The molecule has 1 heterocycles. The van der Waals surface area contributed by atoms with E-state index >= 15 is 0 Å². The molecule has 2 N–H and O–H groups in total. The van der Waals surface area contributed by atoms with E-state index in [-0.39, 0.29) is 21.5 Å². The molecule has 0 saturated carbocycles. The van der Waals surface area contributed by atoms with Gasteiger partial charge in [0.05, 0.1) is 16.8 Å². The minimum absolute atomic E-state index is 0.0472. The number of primary sulfonamides is 1. The maximum atomic E-state index is 12.5. The SMILES string of the molecule is NS(=O)(=O)c1ccc(Oc2ccc(C(F)(F)F)cc2Cl)nc1. The first-order valence-corrected chi connectivity index (χ1v) is 7.53. The van der Waals surface area contributed by atoms with Gasteiger partial charge in [-0.3, -0.25) is 0 Å². The topological polar surface area (TPSA) is 82.3 Å². The predicted molar refractivity (Wildman–Crippen MR) is 72.1 cm³/mol. The molecule has 0 aliphatic heterocycles. The Labute approximate surface area is 128 Å². The Balaban J connectivity index is 2.24. The Kier molecular flexibility index (Phi) is 4.32. The third kappa shape index (κ3) is 3.87. The van der Waals surface area contributed by atoms with E-state index in [0.717, 1.165) is 30.5 Å². The third-order valence-electron chi connectivity index (χ3n) is 2.51. The molecule has 1 aromatic heterocycles. The molecule has 0 unspecified atom stereocenters. The first-order chi connectivity index (χ1) is 10.1. The normalized spacial score (nSPS) is 12.2. The monoisotopic (exact) mass is 352 g/mol. The Morgan fingerprint density at radius 1 is 1.18 bits per heavy atom. The lowest BCUT2D eigenvalue weighted by Crippen LogP contribution is -2.12. The lowest BCUT2D eigenvalue weighted by Gasteiger charge is -2.10. The zero-order valence-corrected chi connectivity index (χ0v) is 12.2. The van der Waals surface area contributed by atoms with Gasteiger partial charge in [0, 0.05) is 6.07 Å². The quantitative estimate of drug-likeness (QED) is 0.919. The Bertz CT molecular complexity index is 792. The maximum Gasteiger partial charge on any atom is 0.416 e. The van der Waals surface area contributed by atoms with E-state index in [1.165, 1.54) is 6.07 Å². The smallest absolute Gasteiger partial charge is 0.416 e. The molecule has 22 heavy (non-hydrogen) atoms. The van der Waals surface area contributed by atoms with Gasteiger partial charge in [-0.1, -0.05) is 11.6 Å². The maximum absolute atomic E-state index is 12.5. The van der Waals surface area contributed by atoms with Crippen LogP contribution < -0.4 is 9.88 Å². The summed E-state index contributed by atoms with van der Waals surface area (Å²) in [5.74, 6) is -0.0976. The number of nitrogens with zero attached hydrogens (tertiary/aromatic N) is 1. The van der Waals surface area contributed by atoms with Crippen molar-refractivity contribution in [1.29, 1.82) is 0 Å². The summed E-state index contributed by atoms with van der Waals surface area (Å²) in [4.78, 5) is 3.47. The van der Waals surface area contributed by atoms with Crippen LogP contribution in [0.3, 0.4) is 0 Å². The number of hydrogen-bond acceptors (Lipinski definition) is 4. The molecule has 0 aliphatic carbocycles. The van der Waals surface area contributed by atoms with Crippen molar-refractivity contribution < 1.29 is 26.3 Å². The zero-order chi connectivity index (χ0) is 16.5. The summed E-state index contributed by atoms with van der Waals surface area (Å²) in [7, 11) is -3.89. The van der Waals surface area contributed by atoms with Crippen molar-refractivity contribution in [2.24, 2.45) is 5.14 Å². The molecule has 0 bridgehead atoms. The molecule has 0 fully saturated rings. The number of sulfonamides is 1. The Morgan fingerprint density at radius 3 is 2.32 bits per heavy atom. The minimum atomic E-state index is -4.52. The van der Waals surface area contributed by atoms with Crippen molar-refractivity contribution in [2.45, 2.75) is 11.1 Å². The Hall–Kier alpha value is -1.84. The summed E-state index contributed by atoms with van der Waals surface area (Å²) in [5.41, 5.74) is -0.914. The van der Waals surface area contributed by atoms with E-state index in [1.54, 1.807) is 0 Å². The number of pyridine rings is 1. The molecule has 118 valence electrons. The Morgan fingerprint density at radius 2 is 1.86 bits per heavy atom. The van der Waals surface area contributed by atoms with Crippen LogP contribution in [0.1, 0.15) is 5.56 Å². The van der Waals surface area contributed by atoms with Crippen LogP contribution in [0, 0.1) is 0 Å². The predicted octanol–water partition coefficient (Wildman–Crippen LogP) is 3.19. The molecule has 2 rings (SSSR count). The van der Waals surface area contributed by atoms with Gasteiger partial charge in [-0.15, -0.1) is 0 Å². The van der Waals surface area contributed by atoms with E-state index in [9.17, 15) is 21.6 Å². The fourth-order valence-corrected chi connectivity index (χ4v) is 2.14. The van der Waals surface area contributed by atoms with Gasteiger partial charge in [-0.2, -0.15) is 13.2 Å². The van der Waals surface area contributed by atoms with E-state index in [4.69, 9.17) is 21.5 Å². The second kappa shape index (κ2) is 5.75. The van der Waals surface area contributed by atoms with Gasteiger partial charge in [0.15, 0.2) is 0 Å². The van der Waals surface area contributed by atoms with Gasteiger partial charge >= 0.3 is 6.18 Å². The van der Waals surface area contributed by atoms with Gasteiger partial charge in [0.2, 0.25) is 15.9 Å². The van der Waals surface area contributed by atoms with Gasteiger partial charge in [-0.05, 0) is 24.3 Å². The summed E-state index contributed by atoms with van der Waals surface area (Å²) in [5, 5.41) is 4.65. The molecule has 0 atom stereocenters. The number of hydrogen-bond donors (Lipinski definition) is 1. The van der Waals surface area contributed by atoms with Gasteiger partial charge < -0.3 is 4.74 Å². The summed E-state index contributed by atoms with van der Waals surface area (Å²) in [6, 6.07) is 4.92. The van der Waals surface area contributed by atoms with E-state index < -0.39 is 21.8 Å². The van der Waals surface area contributed by atoms with Crippen LogP contribution in [-0.4, -0.2) is 13.4 Å². The fourth-order valence-electron chi connectivity index (χ4n) is 1.47. The van der Waals surface area contributed by atoms with E-state index in [2.05, 4.69) is 4.98 Å². The van der Waals surface area contributed by atoms with Crippen LogP contribution in [0.2, 0.25) is 5.02 Å². The van der Waals surface area contributed by atoms with Crippen LogP contribution in [0.4, 0.5) is 13.2 Å². The fraction of sp³-hybridized carbons (Fsp3) is 0.0833. The number of benzene rings is 1. The molecule has 2 aromatic rings. The van der Waals surface area contributed by atoms with Crippen LogP contribution in [0.25, 0.3) is 0 Å². The molecule has 0 radical (unpaired) electrons. The third-order valence-corrected chi connectivity index (χ3v) is 3.71. The number of aromatic nitrogens is 1. The second-order valence-electron chi connectivity index (χ2n) is 4.12. The zero-order valence-electron chi connectivity index (χ0n) is 10.6. The average molecular weight is 353 g/mol. The molecule has 0 aliphatic rings. The highest BCUT2D eigenvalue weighted by atomic mass is 35.5. The van der Waals surface area contributed by atoms with Gasteiger partial charge in [0.25, 0.3) is 0 Å². The lowest BCUT2D eigenvalue weighted by atomic mass is 10.2. The van der Waals surface area contributed by atoms with Crippen LogP contribution in [0.15, 0.2) is 41.4 Å². The molecule has 0 amide bonds. The van der Waals surface area contributed by atoms with E-state index in [0.29, 0.717) is 0 Å². The number of rotatable bonds is 3. The molecular weight excluding hydrogens is 345 g/mol. The highest BCUT2D eigenvalue weighted by Crippen LogP contribution is 2.36. The first kappa shape index (κ1) is 16.5.